The Morgan fingerprint density at radius 3 is 2.52 bits per heavy atom. The first-order valence-corrected chi connectivity index (χ1v) is 7.35. The van der Waals surface area contributed by atoms with Crippen molar-refractivity contribution in [3.05, 3.63) is 33.3 Å². The normalized spacial score (nSPS) is 12.1. The van der Waals surface area contributed by atoms with Crippen LogP contribution < -0.4 is 0 Å². The summed E-state index contributed by atoms with van der Waals surface area (Å²) in [5, 5.41) is 19.2. The van der Waals surface area contributed by atoms with Crippen LogP contribution in [0.3, 0.4) is 0 Å². The number of sulfonamides is 1. The van der Waals surface area contributed by atoms with Gasteiger partial charge < -0.3 is 5.11 Å². The summed E-state index contributed by atoms with van der Waals surface area (Å²) in [4.78, 5) is 9.29. The van der Waals surface area contributed by atoms with E-state index in [-0.39, 0.29) is 5.02 Å². The minimum absolute atomic E-state index is 0.276. The lowest BCUT2D eigenvalue weighted by Crippen LogP contribution is -2.37. The Bertz CT molecular complexity index is 626. The molecule has 0 saturated carbocycles. The average molecular weight is 345 g/mol. The van der Waals surface area contributed by atoms with Crippen LogP contribution in [0.1, 0.15) is 0 Å². The van der Waals surface area contributed by atoms with Gasteiger partial charge in [0.1, 0.15) is 5.02 Å². The number of nitrogens with zero attached hydrogens (tertiary/aromatic N) is 2. The molecule has 0 aromatic heterocycles. The zero-order chi connectivity index (χ0) is 16.2. The number of nitro benzene ring substituents is 1. The second kappa shape index (κ2) is 7.07. The molecule has 1 N–H and O–H groups in total. The quantitative estimate of drug-likeness (QED) is 0.596. The van der Waals surface area contributed by atoms with Gasteiger partial charge in [0.15, 0.2) is 0 Å². The summed E-state index contributed by atoms with van der Waals surface area (Å²) >= 11 is 5.56. The lowest BCUT2D eigenvalue weighted by atomic mass is 10.3. The monoisotopic (exact) mass is 344 g/mol. The lowest BCUT2D eigenvalue weighted by Gasteiger charge is -2.20. The van der Waals surface area contributed by atoms with Crippen molar-refractivity contribution in [2.75, 3.05) is 19.7 Å². The molecule has 0 aliphatic heterocycles. The van der Waals surface area contributed by atoms with Crippen molar-refractivity contribution in [2.24, 2.45) is 0 Å². The van der Waals surface area contributed by atoms with Crippen molar-refractivity contribution < 1.29 is 27.2 Å². The molecule has 118 valence electrons. The van der Waals surface area contributed by atoms with E-state index >= 15 is 0 Å². The van der Waals surface area contributed by atoms with Gasteiger partial charge in [0.2, 0.25) is 10.0 Å². The first-order chi connectivity index (χ1) is 9.70. The zero-order valence-corrected chi connectivity index (χ0v) is 12.0. The van der Waals surface area contributed by atoms with Gasteiger partial charge >= 0.3 is 0 Å². The molecule has 0 saturated heterocycles. The molecule has 0 unspecified atom stereocenters. The summed E-state index contributed by atoms with van der Waals surface area (Å²) in [5.74, 6) is 0. The van der Waals surface area contributed by atoms with E-state index in [0.29, 0.717) is 10.4 Å². The van der Waals surface area contributed by atoms with E-state index in [9.17, 15) is 27.3 Å². The van der Waals surface area contributed by atoms with Crippen molar-refractivity contribution in [3.63, 3.8) is 0 Å². The molecule has 0 bridgehead atoms. The predicted molar refractivity (Wildman–Crippen MR) is 70.0 cm³/mol. The summed E-state index contributed by atoms with van der Waals surface area (Å²) in [6, 6.07) is 2.65. The number of halogens is 3. The number of rotatable bonds is 7. The summed E-state index contributed by atoms with van der Waals surface area (Å²) in [6.07, 6.45) is -2.95. The molecule has 21 heavy (non-hydrogen) atoms. The van der Waals surface area contributed by atoms with Crippen LogP contribution in [0, 0.1) is 10.1 Å². The molecule has 0 aliphatic rings. The maximum absolute atomic E-state index is 12.4. The van der Waals surface area contributed by atoms with Gasteiger partial charge in [-0.3, -0.25) is 10.1 Å². The fourth-order valence-electron chi connectivity index (χ4n) is 1.52. The van der Waals surface area contributed by atoms with E-state index in [1.807, 2.05) is 0 Å². The summed E-state index contributed by atoms with van der Waals surface area (Å²) in [5.41, 5.74) is -0.654. The zero-order valence-electron chi connectivity index (χ0n) is 10.4. The molecule has 0 heterocycles. The molecule has 1 aromatic rings. The Morgan fingerprint density at radius 2 is 2.05 bits per heavy atom. The third-order valence-corrected chi connectivity index (χ3v) is 4.62. The molecule has 0 amide bonds. The maximum Gasteiger partial charge on any atom is 0.289 e. The molecule has 0 fully saturated rings. The topological polar surface area (TPSA) is 101 Å². The smallest absolute Gasteiger partial charge is 0.289 e. The third kappa shape index (κ3) is 4.30. The highest BCUT2D eigenvalue weighted by Crippen LogP contribution is 2.28. The number of benzene rings is 1. The van der Waals surface area contributed by atoms with E-state index in [2.05, 4.69) is 0 Å². The van der Waals surface area contributed by atoms with Crippen LogP contribution in [-0.4, -0.2) is 48.9 Å². The van der Waals surface area contributed by atoms with Crippen LogP contribution in [-0.2, 0) is 10.0 Å². The van der Waals surface area contributed by atoms with Crippen LogP contribution in [0.25, 0.3) is 0 Å². The molecule has 0 atom stereocenters. The van der Waals surface area contributed by atoms with Crippen molar-refractivity contribution in [2.45, 2.75) is 11.3 Å². The first kappa shape index (κ1) is 17.7. The van der Waals surface area contributed by atoms with Gasteiger partial charge in [0, 0.05) is 12.6 Å². The second-order valence-corrected chi connectivity index (χ2v) is 6.19. The van der Waals surface area contributed by atoms with Crippen LogP contribution in [0.15, 0.2) is 23.1 Å². The van der Waals surface area contributed by atoms with Gasteiger partial charge in [0.05, 0.1) is 23.0 Å². The van der Waals surface area contributed by atoms with Gasteiger partial charge in [-0.05, 0) is 12.1 Å². The fourth-order valence-corrected chi connectivity index (χ4v) is 3.13. The molecule has 1 rings (SSSR count). The van der Waals surface area contributed by atoms with Crippen molar-refractivity contribution in [3.8, 4) is 0 Å². The van der Waals surface area contributed by atoms with Crippen LogP contribution in [0.2, 0.25) is 5.02 Å². The van der Waals surface area contributed by atoms with E-state index in [1.165, 1.54) is 0 Å². The lowest BCUT2D eigenvalue weighted by molar-refractivity contribution is -0.384. The SMILES string of the molecule is O=[N+]([O-])c1cc(S(=O)(=O)N(CCO)CC(F)F)ccc1Cl. The van der Waals surface area contributed by atoms with Crippen molar-refractivity contribution in [1.82, 2.24) is 4.31 Å². The Kier molecular flexibility index (Phi) is 5.96. The van der Waals surface area contributed by atoms with E-state index < -0.39 is 51.7 Å². The third-order valence-electron chi connectivity index (χ3n) is 2.44. The molecular weight excluding hydrogens is 334 g/mol. The summed E-state index contributed by atoms with van der Waals surface area (Å²) in [7, 11) is -4.40. The van der Waals surface area contributed by atoms with Crippen molar-refractivity contribution in [1.29, 1.82) is 0 Å². The first-order valence-electron chi connectivity index (χ1n) is 5.53. The number of nitro groups is 1. The standard InChI is InChI=1S/C10H11ClF2N2O5S/c11-8-2-1-7(5-9(8)15(17)18)21(19,20)14(3-4-16)6-10(12)13/h1-2,5,10,16H,3-4,6H2. The summed E-state index contributed by atoms with van der Waals surface area (Å²) in [6.45, 7) is -2.34. The molecule has 0 radical (unpaired) electrons. The van der Waals surface area contributed by atoms with Gasteiger partial charge in [-0.1, -0.05) is 11.6 Å². The van der Waals surface area contributed by atoms with E-state index in [4.69, 9.17) is 16.7 Å². The maximum atomic E-state index is 12.4. The largest absolute Gasteiger partial charge is 0.395 e. The number of alkyl halides is 2. The highest BCUT2D eigenvalue weighted by Gasteiger charge is 2.29. The molecule has 11 heteroatoms. The number of hydrogen-bond acceptors (Lipinski definition) is 5. The van der Waals surface area contributed by atoms with Crippen molar-refractivity contribution >= 4 is 27.3 Å². The highest BCUT2D eigenvalue weighted by molar-refractivity contribution is 7.89. The predicted octanol–water partition coefficient (Wildman–Crippen LogP) is 1.50. The molecular formula is C10H11ClF2N2O5S. The Morgan fingerprint density at radius 1 is 1.43 bits per heavy atom. The number of aliphatic hydroxyl groups is 1. The van der Waals surface area contributed by atoms with Gasteiger partial charge in [0.25, 0.3) is 12.1 Å². The minimum Gasteiger partial charge on any atom is -0.395 e. The number of hydrogen-bond donors (Lipinski definition) is 1. The average Bonchev–Trinajstić information content (AvgIpc) is 2.37. The molecule has 7 nitrogen and oxygen atoms in total. The highest BCUT2D eigenvalue weighted by atomic mass is 35.5. The molecule has 1 aromatic carbocycles. The molecule has 0 aliphatic carbocycles. The van der Waals surface area contributed by atoms with Gasteiger partial charge in [-0.25, -0.2) is 17.2 Å². The van der Waals surface area contributed by atoms with Gasteiger partial charge in [-0.15, -0.1) is 0 Å². The minimum atomic E-state index is -4.40. The molecule has 0 spiro atoms. The van der Waals surface area contributed by atoms with Crippen LogP contribution in [0.4, 0.5) is 14.5 Å². The second-order valence-electron chi connectivity index (χ2n) is 3.85. The summed E-state index contributed by atoms with van der Waals surface area (Å²) < 4.78 is 49.5. The van der Waals surface area contributed by atoms with Gasteiger partial charge in [-0.2, -0.15) is 4.31 Å². The fraction of sp³-hybridized carbons (Fsp3) is 0.400. The van der Waals surface area contributed by atoms with E-state index in [1.54, 1.807) is 0 Å². The van der Waals surface area contributed by atoms with E-state index in [0.717, 1.165) is 12.1 Å². The number of aliphatic hydroxyl groups excluding tert-OH is 1. The van der Waals surface area contributed by atoms with Crippen LogP contribution in [0.5, 0.6) is 0 Å². The Balaban J connectivity index is 3.27. The van der Waals surface area contributed by atoms with Crippen LogP contribution >= 0.6 is 11.6 Å². The Hall–Kier alpha value is -1.36. The Labute approximate surface area is 123 Å².